The number of hydrogen-bond acceptors (Lipinski definition) is 9. The highest BCUT2D eigenvalue weighted by atomic mass is 16.7. The lowest BCUT2D eigenvalue weighted by atomic mass is 9.57. The van der Waals surface area contributed by atoms with E-state index in [-0.39, 0.29) is 29.4 Å². The monoisotopic (exact) mass is 556 g/mol. The summed E-state index contributed by atoms with van der Waals surface area (Å²) in [5, 5.41) is 0. The molecule has 4 fully saturated rings. The molecule has 3 heterocycles. The third-order valence-electron chi connectivity index (χ3n) is 8.89. The second-order valence-corrected chi connectivity index (χ2v) is 12.9. The van der Waals surface area contributed by atoms with Crippen LogP contribution in [0.5, 0.6) is 0 Å². The van der Waals surface area contributed by atoms with E-state index in [2.05, 4.69) is 9.88 Å². The minimum atomic E-state index is -0.893. The van der Waals surface area contributed by atoms with Gasteiger partial charge in [-0.25, -0.2) is 14.8 Å². The summed E-state index contributed by atoms with van der Waals surface area (Å²) >= 11 is 0. The number of aryl methyl sites for hydroxylation is 1. The lowest BCUT2D eigenvalue weighted by molar-refractivity contribution is -0.255. The molecule has 1 amide bonds. The van der Waals surface area contributed by atoms with Crippen LogP contribution in [0.1, 0.15) is 95.2 Å². The number of fused-ring (bicyclic) bond motifs is 1. The molecule has 10 nitrogen and oxygen atoms in total. The van der Waals surface area contributed by atoms with Crippen molar-refractivity contribution in [2.75, 3.05) is 37.7 Å². The molecule has 5 rings (SSSR count). The standard InChI is InChI=1S/C30H44N4O6/c1-20-18-23(32-26(31-20)34-15-9-14-33(19-21(34)2)27(37)40-28(3,4)5)24(35)22-10-8-12-29(25(22)36)11-6-7-13-30(29)38-16-17-39-30/h18,21-22H,6-17,19H2,1-5H3/t21-,22?,29-/m0/s1. The molecule has 2 saturated heterocycles. The summed E-state index contributed by atoms with van der Waals surface area (Å²) in [6.07, 6.45) is 5.66. The van der Waals surface area contributed by atoms with Crippen molar-refractivity contribution in [2.24, 2.45) is 11.3 Å². The molecule has 220 valence electrons. The highest BCUT2D eigenvalue weighted by Crippen LogP contribution is 2.56. The Morgan fingerprint density at radius 1 is 1.02 bits per heavy atom. The van der Waals surface area contributed by atoms with E-state index in [0.717, 1.165) is 25.7 Å². The van der Waals surface area contributed by atoms with E-state index >= 15 is 0 Å². The molecule has 1 unspecified atom stereocenters. The molecule has 10 heteroatoms. The molecule has 2 aliphatic carbocycles. The van der Waals surface area contributed by atoms with E-state index in [9.17, 15) is 14.4 Å². The maximum Gasteiger partial charge on any atom is 0.410 e. The van der Waals surface area contributed by atoms with Crippen molar-refractivity contribution in [1.29, 1.82) is 0 Å². The first-order valence-corrected chi connectivity index (χ1v) is 14.9. The van der Waals surface area contributed by atoms with Crippen LogP contribution in [0.3, 0.4) is 0 Å². The maximum atomic E-state index is 14.2. The molecule has 2 aliphatic heterocycles. The van der Waals surface area contributed by atoms with Crippen LogP contribution in [-0.4, -0.2) is 82.8 Å². The molecule has 0 N–H and O–H groups in total. The summed E-state index contributed by atoms with van der Waals surface area (Å²) < 4.78 is 17.9. The number of amides is 1. The molecule has 0 aromatic carbocycles. The van der Waals surface area contributed by atoms with Gasteiger partial charge in [-0.2, -0.15) is 0 Å². The highest BCUT2D eigenvalue weighted by molar-refractivity contribution is 6.12. The number of aromatic nitrogens is 2. The van der Waals surface area contributed by atoms with Gasteiger partial charge < -0.3 is 24.0 Å². The minimum absolute atomic E-state index is 0.0423. The van der Waals surface area contributed by atoms with Crippen LogP contribution in [0.25, 0.3) is 0 Å². The van der Waals surface area contributed by atoms with Crippen molar-refractivity contribution in [2.45, 2.75) is 103 Å². The predicted octanol–water partition coefficient (Wildman–Crippen LogP) is 4.48. The van der Waals surface area contributed by atoms with Crippen molar-refractivity contribution in [3.63, 3.8) is 0 Å². The van der Waals surface area contributed by atoms with Crippen LogP contribution in [0.2, 0.25) is 0 Å². The summed E-state index contributed by atoms with van der Waals surface area (Å²) in [4.78, 5) is 54.0. The Labute approximate surface area is 237 Å². The Morgan fingerprint density at radius 2 is 1.73 bits per heavy atom. The van der Waals surface area contributed by atoms with Crippen LogP contribution in [-0.2, 0) is 19.0 Å². The van der Waals surface area contributed by atoms with E-state index in [1.165, 1.54) is 0 Å². The van der Waals surface area contributed by atoms with Crippen molar-refractivity contribution in [3.05, 3.63) is 17.5 Å². The van der Waals surface area contributed by atoms with E-state index in [1.54, 1.807) is 11.0 Å². The number of hydrogen-bond donors (Lipinski definition) is 0. The summed E-state index contributed by atoms with van der Waals surface area (Å²) in [5.74, 6) is -1.48. The zero-order valence-electron chi connectivity index (χ0n) is 24.7. The third kappa shape index (κ3) is 5.36. The van der Waals surface area contributed by atoms with Crippen LogP contribution in [0.4, 0.5) is 10.7 Å². The molecule has 1 aromatic rings. The first kappa shape index (κ1) is 28.9. The zero-order chi connectivity index (χ0) is 28.7. The van der Waals surface area contributed by atoms with Gasteiger partial charge in [0.2, 0.25) is 5.95 Å². The Bertz CT molecular complexity index is 1140. The number of anilines is 1. The fourth-order valence-corrected chi connectivity index (χ4v) is 7.10. The summed E-state index contributed by atoms with van der Waals surface area (Å²) in [5.41, 5.74) is -0.390. The number of carbonyl (C=O) groups is 3. The number of ether oxygens (including phenoxy) is 3. The number of Topliss-reactive ketones (excluding diaryl/α,β-unsaturated/α-hetero) is 2. The Hall–Kier alpha value is -2.59. The van der Waals surface area contributed by atoms with Gasteiger partial charge in [0.05, 0.1) is 24.5 Å². The van der Waals surface area contributed by atoms with Gasteiger partial charge in [0, 0.05) is 37.8 Å². The van der Waals surface area contributed by atoms with E-state index < -0.39 is 22.7 Å². The van der Waals surface area contributed by atoms with Crippen LogP contribution >= 0.6 is 0 Å². The van der Waals surface area contributed by atoms with Gasteiger partial charge in [0.25, 0.3) is 0 Å². The normalized spacial score (nSPS) is 29.1. The summed E-state index contributed by atoms with van der Waals surface area (Å²) in [6, 6.07) is 1.60. The zero-order valence-corrected chi connectivity index (χ0v) is 24.7. The second-order valence-electron chi connectivity index (χ2n) is 12.9. The van der Waals surface area contributed by atoms with Crippen LogP contribution < -0.4 is 4.90 Å². The lowest BCUT2D eigenvalue weighted by Crippen LogP contribution is -2.60. The fraction of sp³-hybridized carbons (Fsp3) is 0.767. The largest absolute Gasteiger partial charge is 0.444 e. The molecule has 3 atom stereocenters. The van der Waals surface area contributed by atoms with Gasteiger partial charge in [-0.3, -0.25) is 9.59 Å². The molecule has 4 aliphatic rings. The van der Waals surface area contributed by atoms with Gasteiger partial charge in [0.1, 0.15) is 11.3 Å². The highest BCUT2D eigenvalue weighted by Gasteiger charge is 2.63. The number of nitrogens with zero attached hydrogens (tertiary/aromatic N) is 4. The summed E-state index contributed by atoms with van der Waals surface area (Å²) in [6.45, 7) is 12.1. The Morgan fingerprint density at radius 3 is 2.45 bits per heavy atom. The fourth-order valence-electron chi connectivity index (χ4n) is 7.10. The maximum absolute atomic E-state index is 14.2. The molecule has 1 aromatic heterocycles. The Kier molecular flexibility index (Phi) is 7.96. The average molecular weight is 557 g/mol. The van der Waals surface area contributed by atoms with Gasteiger partial charge >= 0.3 is 6.09 Å². The van der Waals surface area contributed by atoms with Crippen molar-refractivity contribution in [1.82, 2.24) is 14.9 Å². The van der Waals surface area contributed by atoms with Crippen molar-refractivity contribution in [3.8, 4) is 0 Å². The van der Waals surface area contributed by atoms with Crippen LogP contribution in [0.15, 0.2) is 6.07 Å². The molecule has 0 radical (unpaired) electrons. The first-order valence-electron chi connectivity index (χ1n) is 14.9. The molecule has 2 spiro atoms. The second kappa shape index (κ2) is 11.0. The molecule has 40 heavy (non-hydrogen) atoms. The molecule has 2 saturated carbocycles. The number of rotatable bonds is 3. The quantitative estimate of drug-likeness (QED) is 0.393. The third-order valence-corrected chi connectivity index (χ3v) is 8.89. The van der Waals surface area contributed by atoms with Gasteiger partial charge in [-0.05, 0) is 72.8 Å². The van der Waals surface area contributed by atoms with E-state index in [4.69, 9.17) is 19.2 Å². The number of ketones is 2. The SMILES string of the molecule is Cc1cc(C(=O)C2CCC[C@@]3(CCCCC34OCCO4)C2=O)nc(N2CCCN(C(=O)OC(C)(C)C)C[C@@H]2C)n1. The average Bonchev–Trinajstić information content (AvgIpc) is 3.27. The van der Waals surface area contributed by atoms with Crippen LogP contribution in [0, 0.1) is 18.3 Å². The topological polar surface area (TPSA) is 111 Å². The number of carbonyl (C=O) groups excluding carboxylic acids is 3. The predicted molar refractivity (Wildman–Crippen MR) is 148 cm³/mol. The smallest absolute Gasteiger partial charge is 0.410 e. The molecular formula is C30H44N4O6. The molecular weight excluding hydrogens is 512 g/mol. The van der Waals surface area contributed by atoms with Gasteiger partial charge in [-0.1, -0.05) is 12.8 Å². The van der Waals surface area contributed by atoms with Gasteiger partial charge in [-0.15, -0.1) is 0 Å². The van der Waals surface area contributed by atoms with E-state index in [0.29, 0.717) is 70.2 Å². The van der Waals surface area contributed by atoms with Crippen molar-refractivity contribution < 1.29 is 28.6 Å². The van der Waals surface area contributed by atoms with Crippen molar-refractivity contribution >= 4 is 23.6 Å². The summed E-state index contributed by atoms with van der Waals surface area (Å²) in [7, 11) is 0. The lowest BCUT2D eigenvalue weighted by Gasteiger charge is -2.51. The first-order chi connectivity index (χ1) is 18.9. The molecule has 0 bridgehead atoms. The van der Waals surface area contributed by atoms with E-state index in [1.807, 2.05) is 34.6 Å². The minimum Gasteiger partial charge on any atom is -0.444 e. The van der Waals surface area contributed by atoms with Gasteiger partial charge in [0.15, 0.2) is 17.4 Å². The Balaban J connectivity index is 1.37.